The third-order valence-electron chi connectivity index (χ3n) is 6.57. The van der Waals surface area contributed by atoms with Crippen molar-refractivity contribution in [2.45, 2.75) is 12.8 Å². The average Bonchev–Trinajstić information content (AvgIpc) is 3.39. The van der Waals surface area contributed by atoms with E-state index in [-0.39, 0.29) is 11.8 Å². The van der Waals surface area contributed by atoms with Crippen LogP contribution in [-0.2, 0) is 4.79 Å². The third-order valence-corrected chi connectivity index (χ3v) is 6.57. The minimum atomic E-state index is 0.0515. The summed E-state index contributed by atoms with van der Waals surface area (Å²) in [5.74, 6) is 1.72. The molecule has 2 aliphatic heterocycles. The molecule has 172 valence electrons. The van der Waals surface area contributed by atoms with Crippen molar-refractivity contribution >= 4 is 17.6 Å². The van der Waals surface area contributed by atoms with E-state index in [1.165, 1.54) is 0 Å². The zero-order valence-electron chi connectivity index (χ0n) is 18.9. The molecular weight excluding hydrogens is 418 g/mol. The Hall–Kier alpha value is -3.55. The predicted octanol–water partition coefficient (Wildman–Crippen LogP) is 3.31. The van der Waals surface area contributed by atoms with Crippen molar-refractivity contribution in [3.8, 4) is 17.2 Å². The first-order chi connectivity index (χ1) is 16.2. The second-order valence-electron chi connectivity index (χ2n) is 8.50. The van der Waals surface area contributed by atoms with Crippen molar-refractivity contribution in [1.82, 2.24) is 15.1 Å². The number of hydrogen-bond donors (Lipinski definition) is 0. The number of para-hydroxylation sites is 2. The number of rotatable bonds is 5. The molecular formula is C25H29N5O3. The fourth-order valence-corrected chi connectivity index (χ4v) is 4.68. The van der Waals surface area contributed by atoms with Crippen LogP contribution in [0.3, 0.4) is 0 Å². The first kappa shape index (κ1) is 21.3. The van der Waals surface area contributed by atoms with Crippen LogP contribution < -0.4 is 14.5 Å². The molecule has 0 N–H and O–H groups in total. The number of anilines is 2. The second kappa shape index (κ2) is 9.52. The van der Waals surface area contributed by atoms with Crippen LogP contribution in [0.25, 0.3) is 11.5 Å². The fraction of sp³-hybridized carbons (Fsp3) is 0.400. The topological polar surface area (TPSA) is 74.9 Å². The highest BCUT2D eigenvalue weighted by atomic mass is 16.5. The predicted molar refractivity (Wildman–Crippen MR) is 126 cm³/mol. The number of ether oxygens (including phenoxy) is 1. The van der Waals surface area contributed by atoms with Gasteiger partial charge in [-0.1, -0.05) is 35.4 Å². The molecule has 0 spiro atoms. The van der Waals surface area contributed by atoms with Gasteiger partial charge in [-0.05, 0) is 37.1 Å². The summed E-state index contributed by atoms with van der Waals surface area (Å²) in [5, 5.41) is 8.41. The van der Waals surface area contributed by atoms with E-state index in [0.717, 1.165) is 69.1 Å². The van der Waals surface area contributed by atoms with Gasteiger partial charge in [0.15, 0.2) is 0 Å². The highest BCUT2D eigenvalue weighted by molar-refractivity contribution is 5.79. The Morgan fingerprint density at radius 2 is 1.58 bits per heavy atom. The van der Waals surface area contributed by atoms with Crippen molar-refractivity contribution in [2.24, 2.45) is 5.92 Å². The molecule has 2 fully saturated rings. The number of carbonyl (C=O) groups excluding carboxylic acids is 1. The monoisotopic (exact) mass is 447 g/mol. The van der Waals surface area contributed by atoms with Crippen LogP contribution in [0, 0.1) is 5.92 Å². The molecule has 5 rings (SSSR count). The Kier molecular flexibility index (Phi) is 6.15. The molecule has 0 radical (unpaired) electrons. The van der Waals surface area contributed by atoms with E-state index in [0.29, 0.717) is 11.9 Å². The normalized spacial score (nSPS) is 17.3. The van der Waals surface area contributed by atoms with Crippen LogP contribution in [0.2, 0.25) is 0 Å². The molecule has 3 heterocycles. The summed E-state index contributed by atoms with van der Waals surface area (Å²) >= 11 is 0. The number of hydrogen-bond acceptors (Lipinski definition) is 7. The molecule has 8 nitrogen and oxygen atoms in total. The molecule has 1 amide bonds. The van der Waals surface area contributed by atoms with Crippen LogP contribution in [0.4, 0.5) is 11.7 Å². The number of aromatic nitrogens is 2. The quantitative estimate of drug-likeness (QED) is 0.594. The highest BCUT2D eigenvalue weighted by Gasteiger charge is 2.32. The fourth-order valence-electron chi connectivity index (χ4n) is 4.68. The highest BCUT2D eigenvalue weighted by Crippen LogP contribution is 2.30. The van der Waals surface area contributed by atoms with E-state index in [1.54, 1.807) is 7.11 Å². The summed E-state index contributed by atoms with van der Waals surface area (Å²) in [6.07, 6.45) is 1.60. The molecule has 2 saturated heterocycles. The molecule has 2 aromatic carbocycles. The van der Waals surface area contributed by atoms with Crippen LogP contribution >= 0.6 is 0 Å². The van der Waals surface area contributed by atoms with Gasteiger partial charge in [0.1, 0.15) is 5.75 Å². The van der Waals surface area contributed by atoms with Crippen molar-refractivity contribution in [3.05, 3.63) is 54.6 Å². The zero-order chi connectivity index (χ0) is 22.6. The molecule has 0 saturated carbocycles. The SMILES string of the molecule is COc1ccccc1N1CCN(C(=O)C2CCN(c3nnc(-c4ccccc4)o3)CC2)CC1. The van der Waals surface area contributed by atoms with Gasteiger partial charge in [-0.15, -0.1) is 5.10 Å². The van der Waals surface area contributed by atoms with E-state index in [9.17, 15) is 4.79 Å². The molecule has 3 aromatic rings. The maximum absolute atomic E-state index is 13.2. The number of methoxy groups -OCH3 is 1. The van der Waals surface area contributed by atoms with Gasteiger partial charge in [-0.2, -0.15) is 0 Å². The van der Waals surface area contributed by atoms with Gasteiger partial charge >= 0.3 is 6.01 Å². The first-order valence-corrected chi connectivity index (χ1v) is 11.5. The lowest BCUT2D eigenvalue weighted by atomic mass is 9.95. The summed E-state index contributed by atoms with van der Waals surface area (Å²) in [4.78, 5) is 19.6. The van der Waals surface area contributed by atoms with Gasteiger partial charge in [-0.25, -0.2) is 0 Å². The van der Waals surface area contributed by atoms with Crippen LogP contribution in [0.5, 0.6) is 5.75 Å². The molecule has 2 aliphatic rings. The van der Waals surface area contributed by atoms with Gasteiger partial charge in [0, 0.05) is 50.7 Å². The molecule has 8 heteroatoms. The summed E-state index contributed by atoms with van der Waals surface area (Å²) in [6.45, 7) is 4.59. The van der Waals surface area contributed by atoms with Crippen LogP contribution in [0.1, 0.15) is 12.8 Å². The number of piperazine rings is 1. The Morgan fingerprint density at radius 3 is 2.30 bits per heavy atom. The zero-order valence-corrected chi connectivity index (χ0v) is 18.9. The first-order valence-electron chi connectivity index (χ1n) is 11.5. The van der Waals surface area contributed by atoms with E-state index in [4.69, 9.17) is 9.15 Å². The lowest BCUT2D eigenvalue weighted by Gasteiger charge is -2.39. The molecule has 0 atom stereocenters. The maximum Gasteiger partial charge on any atom is 0.318 e. The van der Waals surface area contributed by atoms with E-state index < -0.39 is 0 Å². The smallest absolute Gasteiger partial charge is 0.318 e. The van der Waals surface area contributed by atoms with Gasteiger partial charge in [0.05, 0.1) is 12.8 Å². The van der Waals surface area contributed by atoms with E-state index >= 15 is 0 Å². The summed E-state index contributed by atoms with van der Waals surface area (Å²) in [5.41, 5.74) is 2.00. The Morgan fingerprint density at radius 1 is 0.879 bits per heavy atom. The number of carbonyl (C=O) groups is 1. The largest absolute Gasteiger partial charge is 0.495 e. The van der Waals surface area contributed by atoms with Crippen LogP contribution in [-0.4, -0.2) is 67.4 Å². The van der Waals surface area contributed by atoms with Gasteiger partial charge in [0.25, 0.3) is 0 Å². The van der Waals surface area contributed by atoms with Crippen LogP contribution in [0.15, 0.2) is 59.0 Å². The molecule has 0 unspecified atom stereocenters. The Balaban J connectivity index is 1.14. The Bertz CT molecular complexity index is 1070. The van der Waals surface area contributed by atoms with E-state index in [1.807, 2.05) is 53.4 Å². The second-order valence-corrected chi connectivity index (χ2v) is 8.50. The number of amides is 1. The summed E-state index contributed by atoms with van der Waals surface area (Å²) in [6, 6.07) is 18.4. The van der Waals surface area contributed by atoms with Crippen molar-refractivity contribution in [3.63, 3.8) is 0 Å². The average molecular weight is 448 g/mol. The number of benzene rings is 2. The van der Waals surface area contributed by atoms with Crippen molar-refractivity contribution < 1.29 is 13.9 Å². The van der Waals surface area contributed by atoms with Gasteiger partial charge in [-0.3, -0.25) is 4.79 Å². The lowest BCUT2D eigenvalue weighted by Crippen LogP contribution is -2.51. The molecule has 0 aliphatic carbocycles. The lowest BCUT2D eigenvalue weighted by molar-refractivity contribution is -0.136. The van der Waals surface area contributed by atoms with E-state index in [2.05, 4.69) is 26.1 Å². The molecule has 0 bridgehead atoms. The Labute approximate surface area is 193 Å². The standard InChI is InChI=1S/C25H29N5O3/c1-32-22-10-6-5-9-21(22)28-15-17-29(18-16-28)24(31)20-11-13-30(14-12-20)25-27-26-23(33-25)19-7-3-2-4-8-19/h2-10,20H,11-18H2,1H3. The number of piperidine rings is 1. The van der Waals surface area contributed by atoms with Gasteiger partial charge in [0.2, 0.25) is 11.8 Å². The molecule has 33 heavy (non-hydrogen) atoms. The minimum absolute atomic E-state index is 0.0515. The van der Waals surface area contributed by atoms with Crippen molar-refractivity contribution in [2.75, 3.05) is 56.2 Å². The van der Waals surface area contributed by atoms with Crippen molar-refractivity contribution in [1.29, 1.82) is 0 Å². The van der Waals surface area contributed by atoms with Gasteiger partial charge < -0.3 is 23.9 Å². The maximum atomic E-state index is 13.2. The molecule has 1 aromatic heterocycles. The summed E-state index contributed by atoms with van der Waals surface area (Å²) in [7, 11) is 1.70. The number of nitrogens with zero attached hydrogens (tertiary/aromatic N) is 5. The third kappa shape index (κ3) is 4.51. The minimum Gasteiger partial charge on any atom is -0.495 e. The summed E-state index contributed by atoms with van der Waals surface area (Å²) < 4.78 is 11.4.